The van der Waals surface area contributed by atoms with Crippen molar-refractivity contribution in [2.24, 2.45) is 0 Å². The number of rotatable bonds is 4. The van der Waals surface area contributed by atoms with Crippen LogP contribution in [0.2, 0.25) is 5.02 Å². The Bertz CT molecular complexity index is 1190. The van der Waals surface area contributed by atoms with E-state index in [4.69, 9.17) is 16.3 Å². The van der Waals surface area contributed by atoms with E-state index in [0.717, 1.165) is 6.07 Å². The zero-order valence-corrected chi connectivity index (χ0v) is 17.1. The van der Waals surface area contributed by atoms with Crippen LogP contribution in [0.15, 0.2) is 78.4 Å². The Hall–Kier alpha value is -3.64. The lowest BCUT2D eigenvalue weighted by Gasteiger charge is -2.25. The van der Waals surface area contributed by atoms with Crippen LogP contribution in [0.3, 0.4) is 0 Å². The van der Waals surface area contributed by atoms with Gasteiger partial charge in [-0.15, -0.1) is 0 Å². The van der Waals surface area contributed by atoms with E-state index in [0.29, 0.717) is 16.9 Å². The van der Waals surface area contributed by atoms with Gasteiger partial charge < -0.3 is 9.84 Å². The minimum Gasteiger partial charge on any atom is -0.507 e. The highest BCUT2D eigenvalue weighted by molar-refractivity contribution is 6.51. The molecular formula is C24H17ClFNO4. The molecule has 1 aliphatic rings. The first-order chi connectivity index (χ1) is 14.9. The average Bonchev–Trinajstić information content (AvgIpc) is 3.06. The Kier molecular flexibility index (Phi) is 5.48. The highest BCUT2D eigenvalue weighted by Gasteiger charge is 2.47. The Labute approximate surface area is 182 Å². The summed E-state index contributed by atoms with van der Waals surface area (Å²) in [4.78, 5) is 27.2. The first-order valence-corrected chi connectivity index (χ1v) is 9.75. The van der Waals surface area contributed by atoms with Gasteiger partial charge in [0, 0.05) is 11.3 Å². The largest absolute Gasteiger partial charge is 0.507 e. The minimum atomic E-state index is -0.912. The molecule has 0 aromatic heterocycles. The number of hydrogen-bond acceptors (Lipinski definition) is 4. The van der Waals surface area contributed by atoms with Gasteiger partial charge in [-0.25, -0.2) is 4.39 Å². The van der Waals surface area contributed by atoms with E-state index in [-0.39, 0.29) is 22.0 Å². The third-order valence-electron chi connectivity index (χ3n) is 5.10. The summed E-state index contributed by atoms with van der Waals surface area (Å²) in [7, 11) is 1.52. The fourth-order valence-corrected chi connectivity index (χ4v) is 3.76. The molecule has 1 aliphatic heterocycles. The second-order valence-electron chi connectivity index (χ2n) is 6.91. The Morgan fingerprint density at radius 1 is 1.03 bits per heavy atom. The van der Waals surface area contributed by atoms with E-state index >= 15 is 0 Å². The minimum absolute atomic E-state index is 0.0678. The summed E-state index contributed by atoms with van der Waals surface area (Å²) in [6.45, 7) is 0. The number of methoxy groups -OCH3 is 1. The summed E-state index contributed by atoms with van der Waals surface area (Å²) >= 11 is 5.92. The maximum atomic E-state index is 13.7. The molecule has 3 aromatic rings. The number of ether oxygens (including phenoxy) is 1. The van der Waals surface area contributed by atoms with Gasteiger partial charge in [-0.3, -0.25) is 14.5 Å². The molecule has 1 atom stereocenters. The lowest BCUT2D eigenvalue weighted by atomic mass is 9.95. The van der Waals surface area contributed by atoms with E-state index in [1.165, 1.54) is 24.1 Å². The van der Waals surface area contributed by atoms with Crippen LogP contribution in [0.25, 0.3) is 5.76 Å². The second kappa shape index (κ2) is 8.24. The normalized spacial score (nSPS) is 17.8. The zero-order chi connectivity index (χ0) is 22.1. The van der Waals surface area contributed by atoms with Crippen molar-refractivity contribution in [3.63, 3.8) is 0 Å². The molecule has 1 saturated heterocycles. The number of benzene rings is 3. The van der Waals surface area contributed by atoms with Crippen LogP contribution < -0.4 is 9.64 Å². The van der Waals surface area contributed by atoms with E-state index in [2.05, 4.69) is 0 Å². The smallest absolute Gasteiger partial charge is 0.300 e. The molecule has 31 heavy (non-hydrogen) atoms. The van der Waals surface area contributed by atoms with Gasteiger partial charge >= 0.3 is 0 Å². The van der Waals surface area contributed by atoms with Crippen LogP contribution in [0, 0.1) is 5.82 Å². The maximum Gasteiger partial charge on any atom is 0.300 e. The molecule has 156 valence electrons. The fraction of sp³-hybridized carbons (Fsp3) is 0.0833. The summed E-state index contributed by atoms with van der Waals surface area (Å²) < 4.78 is 18.8. The predicted octanol–water partition coefficient (Wildman–Crippen LogP) is 5.11. The number of halogens is 2. The van der Waals surface area contributed by atoms with Gasteiger partial charge in [-0.2, -0.15) is 0 Å². The SMILES string of the molecule is COc1ccc(/C(O)=C2\C(=O)C(=O)N(c3ccc(F)c(Cl)c3)C2c2ccccc2)cc1. The van der Waals surface area contributed by atoms with E-state index in [1.54, 1.807) is 54.6 Å². The van der Waals surface area contributed by atoms with E-state index in [1.807, 2.05) is 0 Å². The topological polar surface area (TPSA) is 66.8 Å². The molecule has 0 radical (unpaired) electrons. The molecule has 1 fully saturated rings. The lowest BCUT2D eigenvalue weighted by molar-refractivity contribution is -0.132. The van der Waals surface area contributed by atoms with Crippen molar-refractivity contribution in [2.45, 2.75) is 6.04 Å². The zero-order valence-electron chi connectivity index (χ0n) is 16.4. The van der Waals surface area contributed by atoms with E-state index < -0.39 is 23.5 Å². The standard InChI is InChI=1S/C24H17ClFNO4/c1-31-17-10-7-15(8-11-17)22(28)20-21(14-5-3-2-4-6-14)27(24(30)23(20)29)16-9-12-19(26)18(25)13-16/h2-13,21,28H,1H3/b22-20+. The molecule has 3 aromatic carbocycles. The van der Waals surface area contributed by atoms with Gasteiger partial charge in [-0.05, 0) is 48.0 Å². The van der Waals surface area contributed by atoms with Crippen molar-refractivity contribution in [1.29, 1.82) is 0 Å². The molecule has 1 N–H and O–H groups in total. The van der Waals surface area contributed by atoms with Crippen molar-refractivity contribution in [1.82, 2.24) is 0 Å². The number of nitrogens with zero attached hydrogens (tertiary/aromatic N) is 1. The van der Waals surface area contributed by atoms with Crippen molar-refractivity contribution >= 4 is 34.7 Å². The van der Waals surface area contributed by atoms with Crippen LogP contribution >= 0.6 is 11.6 Å². The van der Waals surface area contributed by atoms with Crippen molar-refractivity contribution in [3.8, 4) is 5.75 Å². The van der Waals surface area contributed by atoms with Crippen molar-refractivity contribution in [2.75, 3.05) is 12.0 Å². The van der Waals surface area contributed by atoms with E-state index in [9.17, 15) is 19.1 Å². The summed E-state index contributed by atoms with van der Waals surface area (Å²) in [6.07, 6.45) is 0. The fourth-order valence-electron chi connectivity index (χ4n) is 3.59. The molecule has 7 heteroatoms. The number of aliphatic hydroxyl groups excluding tert-OH is 1. The second-order valence-corrected chi connectivity index (χ2v) is 7.31. The molecule has 1 amide bonds. The summed E-state index contributed by atoms with van der Waals surface area (Å²) in [5, 5.41) is 10.8. The van der Waals surface area contributed by atoms with Crippen LogP contribution in [0.5, 0.6) is 5.75 Å². The van der Waals surface area contributed by atoms with Crippen LogP contribution in [-0.2, 0) is 9.59 Å². The summed E-state index contributed by atoms with van der Waals surface area (Å²) in [6, 6.07) is 18.2. The molecule has 0 saturated carbocycles. The Morgan fingerprint density at radius 2 is 1.71 bits per heavy atom. The molecule has 4 rings (SSSR count). The Balaban J connectivity index is 1.92. The van der Waals surface area contributed by atoms with Crippen LogP contribution in [0.1, 0.15) is 17.2 Å². The molecule has 1 unspecified atom stereocenters. The quantitative estimate of drug-likeness (QED) is 0.350. The number of anilines is 1. The van der Waals surface area contributed by atoms with Gasteiger partial charge in [0.2, 0.25) is 0 Å². The van der Waals surface area contributed by atoms with Crippen molar-refractivity contribution < 1.29 is 23.8 Å². The third-order valence-corrected chi connectivity index (χ3v) is 5.39. The number of aliphatic hydroxyl groups is 1. The Morgan fingerprint density at radius 3 is 2.32 bits per heavy atom. The number of Topliss-reactive ketones (excluding diaryl/α,β-unsaturated/α-hetero) is 1. The number of hydrogen-bond donors (Lipinski definition) is 1. The summed E-state index contributed by atoms with van der Waals surface area (Å²) in [5.41, 5.74) is 1.15. The van der Waals surface area contributed by atoms with Gasteiger partial charge in [0.05, 0.1) is 23.7 Å². The molecule has 1 heterocycles. The number of carbonyl (C=O) groups is 2. The maximum absolute atomic E-state index is 13.7. The van der Waals surface area contributed by atoms with Crippen LogP contribution in [-0.4, -0.2) is 23.9 Å². The first kappa shape index (κ1) is 20.6. The van der Waals surface area contributed by atoms with Crippen LogP contribution in [0.4, 0.5) is 10.1 Å². The molecule has 5 nitrogen and oxygen atoms in total. The van der Waals surface area contributed by atoms with Crippen molar-refractivity contribution in [3.05, 3.63) is 100 Å². The average molecular weight is 438 g/mol. The molecule has 0 spiro atoms. The number of amides is 1. The van der Waals surface area contributed by atoms with Gasteiger partial charge in [0.15, 0.2) is 0 Å². The monoisotopic (exact) mass is 437 g/mol. The van der Waals surface area contributed by atoms with Gasteiger partial charge in [0.1, 0.15) is 17.3 Å². The lowest BCUT2D eigenvalue weighted by Crippen LogP contribution is -2.29. The van der Waals surface area contributed by atoms with Gasteiger partial charge in [0.25, 0.3) is 11.7 Å². The van der Waals surface area contributed by atoms with Gasteiger partial charge in [-0.1, -0.05) is 41.9 Å². The third kappa shape index (κ3) is 3.66. The first-order valence-electron chi connectivity index (χ1n) is 9.38. The number of carbonyl (C=O) groups excluding carboxylic acids is 2. The number of ketones is 1. The summed E-state index contributed by atoms with van der Waals surface area (Å²) in [5.74, 6) is -2.06. The predicted molar refractivity (Wildman–Crippen MR) is 116 cm³/mol. The molecule has 0 aliphatic carbocycles. The molecule has 0 bridgehead atoms. The highest BCUT2D eigenvalue weighted by Crippen LogP contribution is 2.42. The molecular weight excluding hydrogens is 421 g/mol. The highest BCUT2D eigenvalue weighted by atomic mass is 35.5.